The van der Waals surface area contributed by atoms with Crippen LogP contribution in [0.4, 0.5) is 0 Å². The van der Waals surface area contributed by atoms with Gasteiger partial charge in [0.15, 0.2) is 5.78 Å². The Balaban J connectivity index is 2.64. The molecule has 0 aliphatic rings. The maximum Gasteiger partial charge on any atom is 0.225 e. The molecule has 58 valence electrons. The molecule has 0 saturated heterocycles. The first-order valence-corrected chi connectivity index (χ1v) is 3.00. The molecule has 1 aromatic rings. The Morgan fingerprint density at radius 2 is 2.36 bits per heavy atom. The number of nitrogens with one attached hydrogen (secondary N) is 1. The zero-order valence-corrected chi connectivity index (χ0v) is 5.70. The molecule has 5 heteroatoms. The monoisotopic (exact) mass is 153 g/mol. The average molecular weight is 153 g/mol. The molecule has 0 atom stereocenters. The van der Waals surface area contributed by atoms with Gasteiger partial charge in [0, 0.05) is 6.20 Å². The molecule has 0 saturated carbocycles. The topological polar surface area (TPSA) is 88.8 Å². The molecule has 1 rings (SSSR count). The molecular formula is C6H7N3O2. The standard InChI is InChI=1S/C6H7N3O2/c7-6(11)1-5(10)4-2-8-9-3-4/h2-3H,1H2,(H2,7,11)(H,8,9). The number of Topliss-reactive ketones (excluding diaryl/α,β-unsaturated/α-hetero) is 1. The Morgan fingerprint density at radius 1 is 1.64 bits per heavy atom. The summed E-state index contributed by atoms with van der Waals surface area (Å²) in [5.74, 6) is -0.942. The zero-order chi connectivity index (χ0) is 8.27. The lowest BCUT2D eigenvalue weighted by Gasteiger charge is -1.89. The molecule has 0 bridgehead atoms. The summed E-state index contributed by atoms with van der Waals surface area (Å²) in [4.78, 5) is 21.2. The number of primary amides is 1. The fourth-order valence-corrected chi connectivity index (χ4v) is 0.664. The number of H-pyrrole nitrogens is 1. The van der Waals surface area contributed by atoms with Gasteiger partial charge in [0.2, 0.25) is 5.91 Å². The molecule has 11 heavy (non-hydrogen) atoms. The van der Waals surface area contributed by atoms with Crippen LogP contribution in [0.25, 0.3) is 0 Å². The van der Waals surface area contributed by atoms with Crippen LogP contribution in [0.5, 0.6) is 0 Å². The van der Waals surface area contributed by atoms with E-state index in [0.717, 1.165) is 0 Å². The third kappa shape index (κ3) is 1.89. The number of rotatable bonds is 3. The van der Waals surface area contributed by atoms with E-state index in [2.05, 4.69) is 10.2 Å². The van der Waals surface area contributed by atoms with Crippen LogP contribution in [0.3, 0.4) is 0 Å². The van der Waals surface area contributed by atoms with Crippen molar-refractivity contribution >= 4 is 11.7 Å². The fraction of sp³-hybridized carbons (Fsp3) is 0.167. The Kier molecular flexibility index (Phi) is 2.00. The second-order valence-corrected chi connectivity index (χ2v) is 2.05. The van der Waals surface area contributed by atoms with Crippen LogP contribution in [-0.4, -0.2) is 21.9 Å². The summed E-state index contributed by atoms with van der Waals surface area (Å²) in [5.41, 5.74) is 5.19. The minimum Gasteiger partial charge on any atom is -0.369 e. The van der Waals surface area contributed by atoms with Gasteiger partial charge in [-0.25, -0.2) is 0 Å². The number of ketones is 1. The lowest BCUT2D eigenvalue weighted by atomic mass is 10.2. The van der Waals surface area contributed by atoms with E-state index in [9.17, 15) is 9.59 Å². The van der Waals surface area contributed by atoms with Gasteiger partial charge in [-0.2, -0.15) is 5.10 Å². The van der Waals surface area contributed by atoms with E-state index in [1.165, 1.54) is 12.4 Å². The smallest absolute Gasteiger partial charge is 0.225 e. The van der Waals surface area contributed by atoms with Gasteiger partial charge in [-0.3, -0.25) is 14.7 Å². The van der Waals surface area contributed by atoms with Crippen molar-refractivity contribution in [1.29, 1.82) is 0 Å². The molecular weight excluding hydrogens is 146 g/mol. The number of aromatic nitrogens is 2. The molecule has 1 heterocycles. The molecule has 5 nitrogen and oxygen atoms in total. The number of carbonyl (C=O) groups excluding carboxylic acids is 2. The van der Waals surface area contributed by atoms with Crippen molar-refractivity contribution in [3.8, 4) is 0 Å². The molecule has 1 aromatic heterocycles. The summed E-state index contributed by atoms with van der Waals surface area (Å²) in [5, 5.41) is 6.01. The summed E-state index contributed by atoms with van der Waals surface area (Å²) in [6, 6.07) is 0. The number of aromatic amines is 1. The van der Waals surface area contributed by atoms with Gasteiger partial charge in [0.25, 0.3) is 0 Å². The van der Waals surface area contributed by atoms with Crippen molar-refractivity contribution in [1.82, 2.24) is 10.2 Å². The molecule has 0 unspecified atom stereocenters. The lowest BCUT2D eigenvalue weighted by Crippen LogP contribution is -2.15. The van der Waals surface area contributed by atoms with Crippen molar-refractivity contribution in [2.24, 2.45) is 5.73 Å². The highest BCUT2D eigenvalue weighted by atomic mass is 16.2. The van der Waals surface area contributed by atoms with Crippen molar-refractivity contribution in [2.45, 2.75) is 6.42 Å². The number of carbonyl (C=O) groups is 2. The normalized spacial score (nSPS) is 9.45. The van der Waals surface area contributed by atoms with Gasteiger partial charge >= 0.3 is 0 Å². The summed E-state index contributed by atoms with van der Waals surface area (Å²) in [6.45, 7) is 0. The first-order chi connectivity index (χ1) is 5.20. The number of hydrogen-bond donors (Lipinski definition) is 2. The Hall–Kier alpha value is -1.65. The second kappa shape index (κ2) is 2.96. The summed E-state index contributed by atoms with van der Waals surface area (Å²) < 4.78 is 0. The van der Waals surface area contributed by atoms with Gasteiger partial charge in [-0.15, -0.1) is 0 Å². The van der Waals surface area contributed by atoms with E-state index in [-0.39, 0.29) is 12.2 Å². The number of amides is 1. The van der Waals surface area contributed by atoms with Gasteiger partial charge in [-0.1, -0.05) is 0 Å². The maximum atomic E-state index is 11.0. The SMILES string of the molecule is NC(=O)CC(=O)c1cn[nH]c1. The highest BCUT2D eigenvalue weighted by Crippen LogP contribution is 1.98. The summed E-state index contributed by atoms with van der Waals surface area (Å²) >= 11 is 0. The first-order valence-electron chi connectivity index (χ1n) is 3.00. The number of nitrogens with two attached hydrogens (primary N) is 1. The van der Waals surface area contributed by atoms with Gasteiger partial charge in [-0.05, 0) is 0 Å². The lowest BCUT2D eigenvalue weighted by molar-refractivity contribution is -0.117. The number of nitrogens with zero attached hydrogens (tertiary/aromatic N) is 1. The molecule has 0 radical (unpaired) electrons. The Morgan fingerprint density at radius 3 is 2.82 bits per heavy atom. The molecule has 0 aliphatic heterocycles. The predicted molar refractivity (Wildman–Crippen MR) is 36.7 cm³/mol. The highest BCUT2D eigenvalue weighted by Gasteiger charge is 2.08. The fourth-order valence-electron chi connectivity index (χ4n) is 0.664. The average Bonchev–Trinajstić information content (AvgIpc) is 2.35. The van der Waals surface area contributed by atoms with Crippen molar-refractivity contribution in [2.75, 3.05) is 0 Å². The largest absolute Gasteiger partial charge is 0.369 e. The Labute approximate surface area is 62.6 Å². The zero-order valence-electron chi connectivity index (χ0n) is 5.70. The minimum atomic E-state index is -0.629. The van der Waals surface area contributed by atoms with Crippen LogP contribution >= 0.6 is 0 Å². The molecule has 0 spiro atoms. The van der Waals surface area contributed by atoms with Gasteiger partial charge in [0.1, 0.15) is 0 Å². The molecule has 0 aliphatic carbocycles. The van der Waals surface area contributed by atoms with Crippen LogP contribution in [0.15, 0.2) is 12.4 Å². The first kappa shape index (κ1) is 7.46. The third-order valence-electron chi connectivity index (χ3n) is 1.15. The van der Waals surface area contributed by atoms with Crippen molar-refractivity contribution in [3.05, 3.63) is 18.0 Å². The van der Waals surface area contributed by atoms with E-state index in [0.29, 0.717) is 5.56 Å². The van der Waals surface area contributed by atoms with E-state index in [1.807, 2.05) is 0 Å². The summed E-state index contributed by atoms with van der Waals surface area (Å²) in [6.07, 6.45) is 2.51. The molecule has 3 N–H and O–H groups in total. The minimum absolute atomic E-state index is 0.264. The maximum absolute atomic E-state index is 11.0. The van der Waals surface area contributed by atoms with E-state index in [4.69, 9.17) is 5.73 Å². The summed E-state index contributed by atoms with van der Waals surface area (Å²) in [7, 11) is 0. The molecule has 0 fully saturated rings. The van der Waals surface area contributed by atoms with Crippen molar-refractivity contribution < 1.29 is 9.59 Å². The van der Waals surface area contributed by atoms with E-state index < -0.39 is 5.91 Å². The van der Waals surface area contributed by atoms with Gasteiger partial charge in [0.05, 0.1) is 18.2 Å². The van der Waals surface area contributed by atoms with Gasteiger partial charge < -0.3 is 5.73 Å². The third-order valence-corrected chi connectivity index (χ3v) is 1.15. The van der Waals surface area contributed by atoms with E-state index >= 15 is 0 Å². The van der Waals surface area contributed by atoms with Crippen LogP contribution < -0.4 is 5.73 Å². The van der Waals surface area contributed by atoms with Crippen LogP contribution in [-0.2, 0) is 4.79 Å². The predicted octanol–water partition coefficient (Wildman–Crippen LogP) is -0.532. The highest BCUT2D eigenvalue weighted by molar-refractivity contribution is 6.06. The Bertz CT molecular complexity index is 265. The molecule has 1 amide bonds. The second-order valence-electron chi connectivity index (χ2n) is 2.05. The van der Waals surface area contributed by atoms with Crippen LogP contribution in [0, 0.1) is 0 Å². The quantitative estimate of drug-likeness (QED) is 0.451. The number of hydrogen-bond acceptors (Lipinski definition) is 3. The van der Waals surface area contributed by atoms with Crippen LogP contribution in [0.1, 0.15) is 16.8 Å². The van der Waals surface area contributed by atoms with Crippen molar-refractivity contribution in [3.63, 3.8) is 0 Å². The molecule has 0 aromatic carbocycles. The van der Waals surface area contributed by atoms with E-state index in [1.54, 1.807) is 0 Å². The van der Waals surface area contributed by atoms with Crippen LogP contribution in [0.2, 0.25) is 0 Å².